The topological polar surface area (TPSA) is 9.23 Å². The fourth-order valence-electron chi connectivity index (χ4n) is 1.83. The molecule has 0 N–H and O–H groups in total. The van der Waals surface area contributed by atoms with E-state index in [1.807, 2.05) is 12.1 Å². The van der Waals surface area contributed by atoms with Gasteiger partial charge in [0.15, 0.2) is 0 Å². The Kier molecular flexibility index (Phi) is 3.20. The lowest BCUT2D eigenvalue weighted by molar-refractivity contribution is 0.0476. The van der Waals surface area contributed by atoms with Crippen LogP contribution < -0.4 is 0 Å². The zero-order valence-electron chi connectivity index (χ0n) is 8.70. The van der Waals surface area contributed by atoms with Crippen LogP contribution in [-0.4, -0.2) is 12.7 Å². The minimum absolute atomic E-state index is 0.447. The van der Waals surface area contributed by atoms with Gasteiger partial charge in [-0.25, -0.2) is 0 Å². The van der Waals surface area contributed by atoms with Crippen LogP contribution in [0.1, 0.15) is 25.3 Å². The summed E-state index contributed by atoms with van der Waals surface area (Å²) in [6.45, 7) is 2.91. The molecule has 1 saturated carbocycles. The molecule has 0 aromatic heterocycles. The van der Waals surface area contributed by atoms with E-state index in [0.29, 0.717) is 6.10 Å². The van der Waals surface area contributed by atoms with Crippen molar-refractivity contribution < 1.29 is 4.74 Å². The Morgan fingerprint density at radius 1 is 1.43 bits per heavy atom. The van der Waals surface area contributed by atoms with Crippen molar-refractivity contribution in [3.05, 3.63) is 35.9 Å². The summed E-state index contributed by atoms with van der Waals surface area (Å²) in [5.74, 6) is 0.819. The van der Waals surface area contributed by atoms with Crippen LogP contribution in [0.2, 0.25) is 0 Å². The summed E-state index contributed by atoms with van der Waals surface area (Å²) >= 11 is 0. The van der Waals surface area contributed by atoms with Crippen LogP contribution in [0.3, 0.4) is 0 Å². The molecule has 1 nitrogen and oxygen atoms in total. The van der Waals surface area contributed by atoms with Crippen molar-refractivity contribution in [2.45, 2.75) is 32.3 Å². The highest BCUT2D eigenvalue weighted by Gasteiger charge is 2.31. The number of hydrogen-bond acceptors (Lipinski definition) is 1. The largest absolute Gasteiger partial charge is 0.378 e. The quantitative estimate of drug-likeness (QED) is 0.692. The third kappa shape index (κ3) is 2.58. The Bertz CT molecular complexity index is 264. The number of rotatable bonds is 5. The fraction of sp³-hybridized carbons (Fsp3) is 0.538. The molecule has 1 heteroatoms. The Balaban J connectivity index is 1.93. The molecule has 1 fully saturated rings. The second kappa shape index (κ2) is 4.61. The maximum atomic E-state index is 5.76. The lowest BCUT2D eigenvalue weighted by atomic mass is 10.0. The van der Waals surface area contributed by atoms with Crippen molar-refractivity contribution in [3.8, 4) is 0 Å². The van der Waals surface area contributed by atoms with E-state index in [4.69, 9.17) is 4.74 Å². The first-order valence-corrected chi connectivity index (χ1v) is 5.46. The predicted octanol–water partition coefficient (Wildman–Crippen LogP) is 2.84. The minimum atomic E-state index is 0.447. The van der Waals surface area contributed by atoms with Gasteiger partial charge in [-0.05, 0) is 43.7 Å². The molecule has 0 heterocycles. The first kappa shape index (κ1) is 9.72. The maximum absolute atomic E-state index is 5.76. The van der Waals surface area contributed by atoms with Gasteiger partial charge in [-0.15, -0.1) is 0 Å². The summed E-state index contributed by atoms with van der Waals surface area (Å²) in [5.41, 5.74) is 1.37. The van der Waals surface area contributed by atoms with Crippen molar-refractivity contribution in [3.63, 3.8) is 0 Å². The highest BCUT2D eigenvalue weighted by Crippen LogP contribution is 2.35. The molecule has 1 aliphatic rings. The van der Waals surface area contributed by atoms with Crippen molar-refractivity contribution in [2.24, 2.45) is 5.92 Å². The van der Waals surface area contributed by atoms with Crippen molar-refractivity contribution in [1.29, 1.82) is 0 Å². The number of benzene rings is 1. The summed E-state index contributed by atoms with van der Waals surface area (Å²) < 4.78 is 5.76. The summed E-state index contributed by atoms with van der Waals surface area (Å²) in [7, 11) is 0. The smallest absolute Gasteiger partial charge is 0.0643 e. The highest BCUT2D eigenvalue weighted by atomic mass is 16.5. The van der Waals surface area contributed by atoms with Gasteiger partial charge in [0.1, 0.15) is 0 Å². The molecule has 0 saturated heterocycles. The van der Waals surface area contributed by atoms with Crippen LogP contribution in [0.25, 0.3) is 0 Å². The molecule has 14 heavy (non-hydrogen) atoms. The van der Waals surface area contributed by atoms with E-state index >= 15 is 0 Å². The van der Waals surface area contributed by atoms with Crippen LogP contribution in [0.15, 0.2) is 24.3 Å². The van der Waals surface area contributed by atoms with Crippen LogP contribution in [-0.2, 0) is 11.2 Å². The fourth-order valence-corrected chi connectivity index (χ4v) is 1.83. The Morgan fingerprint density at radius 3 is 2.71 bits per heavy atom. The molecule has 75 valence electrons. The van der Waals surface area contributed by atoms with Crippen LogP contribution >= 0.6 is 0 Å². The second-order valence-corrected chi connectivity index (χ2v) is 3.94. The Morgan fingerprint density at radius 2 is 2.14 bits per heavy atom. The average Bonchev–Trinajstić information content (AvgIpc) is 3.02. The van der Waals surface area contributed by atoms with Gasteiger partial charge < -0.3 is 4.74 Å². The second-order valence-electron chi connectivity index (χ2n) is 3.94. The van der Waals surface area contributed by atoms with Gasteiger partial charge >= 0.3 is 0 Å². The molecule has 1 unspecified atom stereocenters. The monoisotopic (exact) mass is 189 g/mol. The first-order valence-electron chi connectivity index (χ1n) is 5.46. The first-order chi connectivity index (χ1) is 6.90. The number of hydrogen-bond donors (Lipinski definition) is 0. The molecule has 0 spiro atoms. The van der Waals surface area contributed by atoms with Crippen LogP contribution in [0, 0.1) is 12.0 Å². The molecule has 0 bridgehead atoms. The zero-order valence-corrected chi connectivity index (χ0v) is 8.70. The van der Waals surface area contributed by atoms with E-state index in [0.717, 1.165) is 18.9 Å². The van der Waals surface area contributed by atoms with Crippen molar-refractivity contribution in [2.75, 3.05) is 6.61 Å². The average molecular weight is 189 g/mol. The third-order valence-electron chi connectivity index (χ3n) is 2.75. The molecular formula is C13H17O. The molecule has 1 atom stereocenters. The highest BCUT2D eigenvalue weighted by molar-refractivity contribution is 5.15. The van der Waals surface area contributed by atoms with Gasteiger partial charge in [0, 0.05) is 6.61 Å². The molecule has 0 aliphatic heterocycles. The standard InChI is InChI=1S/C13H17O/c1-2-14-13(12-8-9-12)10-11-6-4-3-5-7-11/h4-7,12-13H,2,8-10H2,1H3. The van der Waals surface area contributed by atoms with E-state index in [1.54, 1.807) is 0 Å². The third-order valence-corrected chi connectivity index (χ3v) is 2.75. The van der Waals surface area contributed by atoms with E-state index in [1.165, 1.54) is 18.4 Å². The van der Waals surface area contributed by atoms with Crippen LogP contribution in [0.5, 0.6) is 0 Å². The maximum Gasteiger partial charge on any atom is 0.0643 e. The van der Waals surface area contributed by atoms with Gasteiger partial charge in [0.25, 0.3) is 0 Å². The summed E-state index contributed by atoms with van der Waals surface area (Å²) in [4.78, 5) is 0. The summed E-state index contributed by atoms with van der Waals surface area (Å²) in [6, 6.07) is 11.3. The van der Waals surface area contributed by atoms with Gasteiger partial charge in [0.05, 0.1) is 6.10 Å². The van der Waals surface area contributed by atoms with E-state index < -0.39 is 0 Å². The van der Waals surface area contributed by atoms with Gasteiger partial charge in [-0.3, -0.25) is 0 Å². The SMILES string of the molecule is CCOC(Cc1cc[c]cc1)C1CC1. The van der Waals surface area contributed by atoms with E-state index in [9.17, 15) is 0 Å². The van der Waals surface area contributed by atoms with Crippen molar-refractivity contribution in [1.82, 2.24) is 0 Å². The number of ether oxygens (including phenoxy) is 1. The summed E-state index contributed by atoms with van der Waals surface area (Å²) in [6.07, 6.45) is 4.21. The minimum Gasteiger partial charge on any atom is -0.378 e. The predicted molar refractivity (Wildman–Crippen MR) is 57.1 cm³/mol. The van der Waals surface area contributed by atoms with E-state index in [-0.39, 0.29) is 0 Å². The van der Waals surface area contributed by atoms with Crippen molar-refractivity contribution >= 4 is 0 Å². The lowest BCUT2D eigenvalue weighted by Crippen LogP contribution is -2.18. The molecule has 1 radical (unpaired) electrons. The molecule has 1 aliphatic carbocycles. The molecule has 1 aromatic carbocycles. The van der Waals surface area contributed by atoms with Gasteiger partial charge in [0.2, 0.25) is 0 Å². The van der Waals surface area contributed by atoms with E-state index in [2.05, 4.69) is 25.1 Å². The molecular weight excluding hydrogens is 172 g/mol. The Labute approximate surface area is 86.1 Å². The molecule has 0 amide bonds. The molecule has 2 rings (SSSR count). The zero-order chi connectivity index (χ0) is 9.80. The van der Waals surface area contributed by atoms with Crippen LogP contribution in [0.4, 0.5) is 0 Å². The lowest BCUT2D eigenvalue weighted by Gasteiger charge is -2.16. The molecule has 1 aromatic rings. The Hall–Kier alpha value is -0.820. The van der Waals surface area contributed by atoms with Gasteiger partial charge in [-0.2, -0.15) is 0 Å². The normalized spacial score (nSPS) is 18.1. The summed E-state index contributed by atoms with van der Waals surface area (Å²) in [5, 5.41) is 0. The van der Waals surface area contributed by atoms with Gasteiger partial charge in [-0.1, -0.05) is 24.3 Å².